The second-order valence-electron chi connectivity index (χ2n) is 6.83. The summed E-state index contributed by atoms with van der Waals surface area (Å²) in [4.78, 5) is 50.7. The van der Waals surface area contributed by atoms with E-state index in [4.69, 9.17) is 11.6 Å². The maximum absolute atomic E-state index is 12.8. The second-order valence-corrected chi connectivity index (χ2v) is 8.97. The summed E-state index contributed by atoms with van der Waals surface area (Å²) in [6, 6.07) is 5.21. The van der Waals surface area contributed by atoms with Gasteiger partial charge in [-0.3, -0.25) is 14.4 Å². The van der Waals surface area contributed by atoms with Gasteiger partial charge >= 0.3 is 5.97 Å². The fourth-order valence-electron chi connectivity index (χ4n) is 3.48. The van der Waals surface area contributed by atoms with Gasteiger partial charge in [0.05, 0.1) is 10.6 Å². The maximum Gasteiger partial charge on any atom is 0.327 e. The number of carbonyl (C=O) groups is 4. The highest BCUT2D eigenvalue weighted by atomic mass is 35.5. The van der Waals surface area contributed by atoms with Crippen LogP contribution in [0.1, 0.15) is 31.1 Å². The number of carbonyl (C=O) groups excluding carboxylic acids is 3. The molecule has 3 atom stereocenters. The van der Waals surface area contributed by atoms with E-state index in [9.17, 15) is 24.3 Å². The molecule has 1 aromatic carbocycles. The molecule has 138 valence electrons. The number of benzene rings is 1. The topological polar surface area (TPSA) is 104 Å². The SMILES string of the molecule is CC(=O)[C@]1(NC(=O)c2ccccc2Cl)C(=O)N2[C@@H](C(=O)O)C(C)(C)S[C@@H]21. The molecule has 2 saturated heterocycles. The van der Waals surface area contributed by atoms with Crippen molar-refractivity contribution in [1.82, 2.24) is 10.2 Å². The van der Waals surface area contributed by atoms with Crippen molar-refractivity contribution in [3.8, 4) is 0 Å². The number of fused-ring (bicyclic) bond motifs is 1. The number of hydrogen-bond acceptors (Lipinski definition) is 5. The number of aliphatic carboxylic acids is 1. The van der Waals surface area contributed by atoms with Crippen LogP contribution in [0, 0.1) is 0 Å². The number of nitrogens with zero attached hydrogens (tertiary/aromatic N) is 1. The van der Waals surface area contributed by atoms with Crippen molar-refractivity contribution in [3.63, 3.8) is 0 Å². The molecule has 0 unspecified atom stereocenters. The number of carboxylic acids is 1. The lowest BCUT2D eigenvalue weighted by molar-refractivity contribution is -0.170. The summed E-state index contributed by atoms with van der Waals surface area (Å²) < 4.78 is -0.807. The first-order valence-corrected chi connectivity index (χ1v) is 9.11. The molecular formula is C17H17ClN2O5S. The van der Waals surface area contributed by atoms with E-state index < -0.39 is 45.3 Å². The van der Waals surface area contributed by atoms with Crippen LogP contribution in [0.5, 0.6) is 0 Å². The van der Waals surface area contributed by atoms with Crippen LogP contribution < -0.4 is 5.32 Å². The van der Waals surface area contributed by atoms with Crippen LogP contribution in [0.2, 0.25) is 5.02 Å². The molecule has 0 aliphatic carbocycles. The lowest BCUT2D eigenvalue weighted by Gasteiger charge is -2.51. The molecule has 9 heteroatoms. The zero-order chi connectivity index (χ0) is 19.4. The number of carboxylic acid groups (broad SMARTS) is 1. The first kappa shape index (κ1) is 18.7. The second kappa shape index (κ2) is 5.99. The van der Waals surface area contributed by atoms with Crippen LogP contribution in [-0.4, -0.2) is 55.3 Å². The van der Waals surface area contributed by atoms with Gasteiger partial charge in [0.25, 0.3) is 11.8 Å². The third-order valence-electron chi connectivity index (χ3n) is 4.77. The molecule has 2 N–H and O–H groups in total. The van der Waals surface area contributed by atoms with Crippen molar-refractivity contribution in [2.75, 3.05) is 0 Å². The number of ketones is 1. The van der Waals surface area contributed by atoms with E-state index in [1.54, 1.807) is 26.0 Å². The molecule has 3 rings (SSSR count). The van der Waals surface area contributed by atoms with Gasteiger partial charge in [0.15, 0.2) is 5.78 Å². The van der Waals surface area contributed by atoms with Gasteiger partial charge in [0, 0.05) is 4.75 Å². The van der Waals surface area contributed by atoms with Crippen molar-refractivity contribution in [3.05, 3.63) is 34.9 Å². The fourth-order valence-corrected chi connectivity index (χ4v) is 5.45. The Morgan fingerprint density at radius 3 is 2.42 bits per heavy atom. The van der Waals surface area contributed by atoms with Gasteiger partial charge in [-0.1, -0.05) is 23.7 Å². The highest BCUT2D eigenvalue weighted by Crippen LogP contribution is 2.55. The molecule has 2 aliphatic heterocycles. The van der Waals surface area contributed by atoms with Crippen molar-refractivity contribution in [1.29, 1.82) is 0 Å². The Kier molecular flexibility index (Phi) is 4.31. The highest BCUT2D eigenvalue weighted by Gasteiger charge is 2.74. The third-order valence-corrected chi connectivity index (χ3v) is 6.73. The lowest BCUT2D eigenvalue weighted by atomic mass is 9.81. The number of halogens is 1. The van der Waals surface area contributed by atoms with Crippen molar-refractivity contribution < 1.29 is 24.3 Å². The number of Topliss-reactive ketones (excluding diaryl/α,β-unsaturated/α-hetero) is 1. The predicted molar refractivity (Wildman–Crippen MR) is 96.1 cm³/mol. The normalized spacial score (nSPS) is 28.9. The molecule has 2 fully saturated rings. The summed E-state index contributed by atoms with van der Waals surface area (Å²) in [7, 11) is 0. The fraction of sp³-hybridized carbons (Fsp3) is 0.412. The van der Waals surface area contributed by atoms with Gasteiger partial charge in [-0.25, -0.2) is 4.79 Å². The van der Waals surface area contributed by atoms with E-state index in [0.717, 1.165) is 0 Å². The zero-order valence-corrected chi connectivity index (χ0v) is 15.9. The number of β-lactam (4-membered cyclic amide) rings is 1. The van der Waals surface area contributed by atoms with E-state index in [-0.39, 0.29) is 10.6 Å². The number of nitrogens with one attached hydrogen (secondary N) is 1. The zero-order valence-electron chi connectivity index (χ0n) is 14.3. The minimum atomic E-state index is -1.79. The standard InChI is InChI=1S/C17H17ClN2O5S/c1-8(21)17(19-12(22)9-6-4-5-7-10(9)18)14(25)20-11(13(23)24)16(2,3)26-15(17)20/h4-7,11,15H,1-3H3,(H,19,22)(H,23,24)/t11-,15+,17-/m0/s1. The molecule has 2 aliphatic rings. The Bertz CT molecular complexity index is 842. The predicted octanol–water partition coefficient (Wildman–Crippen LogP) is 1.54. The smallest absolute Gasteiger partial charge is 0.327 e. The van der Waals surface area contributed by atoms with Crippen LogP contribution in [-0.2, 0) is 14.4 Å². The van der Waals surface area contributed by atoms with Gasteiger partial charge in [0.2, 0.25) is 5.54 Å². The van der Waals surface area contributed by atoms with Crippen LogP contribution >= 0.6 is 23.4 Å². The molecule has 0 saturated carbocycles. The lowest BCUT2D eigenvalue weighted by Crippen LogP contribution is -2.82. The Morgan fingerprint density at radius 2 is 1.88 bits per heavy atom. The van der Waals surface area contributed by atoms with Gasteiger partial charge in [0.1, 0.15) is 11.4 Å². The summed E-state index contributed by atoms with van der Waals surface area (Å²) in [5.74, 6) is -3.05. The molecule has 7 nitrogen and oxygen atoms in total. The third kappa shape index (κ3) is 2.43. The maximum atomic E-state index is 12.8. The van der Waals surface area contributed by atoms with Crippen molar-refractivity contribution >= 4 is 46.9 Å². The Hall–Kier alpha value is -2.06. The number of hydrogen-bond donors (Lipinski definition) is 2. The Morgan fingerprint density at radius 1 is 1.27 bits per heavy atom. The summed E-state index contributed by atoms with van der Waals surface area (Å²) >= 11 is 7.21. The Balaban J connectivity index is 1.98. The monoisotopic (exact) mass is 396 g/mol. The summed E-state index contributed by atoms with van der Waals surface area (Å²) in [5, 5.41) is 11.4. The van der Waals surface area contributed by atoms with E-state index in [2.05, 4.69) is 5.32 Å². The average molecular weight is 397 g/mol. The first-order valence-electron chi connectivity index (χ1n) is 7.85. The van der Waals surface area contributed by atoms with Crippen molar-refractivity contribution in [2.45, 2.75) is 42.5 Å². The van der Waals surface area contributed by atoms with Crippen LogP contribution in [0.4, 0.5) is 0 Å². The molecule has 0 spiro atoms. The van der Waals surface area contributed by atoms with Gasteiger partial charge < -0.3 is 15.3 Å². The van der Waals surface area contributed by atoms with Crippen molar-refractivity contribution in [2.24, 2.45) is 0 Å². The molecule has 2 heterocycles. The molecule has 26 heavy (non-hydrogen) atoms. The quantitative estimate of drug-likeness (QED) is 0.591. The van der Waals surface area contributed by atoms with Gasteiger partial charge in [-0.05, 0) is 32.9 Å². The molecule has 1 aromatic rings. The molecule has 0 aromatic heterocycles. The van der Waals surface area contributed by atoms with E-state index in [1.807, 2.05) is 0 Å². The molecule has 0 radical (unpaired) electrons. The van der Waals surface area contributed by atoms with Crippen LogP contribution in [0.25, 0.3) is 0 Å². The van der Waals surface area contributed by atoms with Crippen LogP contribution in [0.15, 0.2) is 24.3 Å². The molecule has 2 amide bonds. The summed E-state index contributed by atoms with van der Waals surface area (Å²) in [6.07, 6.45) is 0. The van der Waals surface area contributed by atoms with E-state index in [0.29, 0.717) is 0 Å². The van der Waals surface area contributed by atoms with Crippen LogP contribution in [0.3, 0.4) is 0 Å². The highest BCUT2D eigenvalue weighted by molar-refractivity contribution is 8.01. The molecule has 0 bridgehead atoms. The van der Waals surface area contributed by atoms with E-state index >= 15 is 0 Å². The summed E-state index contributed by atoms with van der Waals surface area (Å²) in [5.41, 5.74) is -1.65. The number of thioether (sulfide) groups is 1. The van der Waals surface area contributed by atoms with E-state index in [1.165, 1.54) is 35.7 Å². The average Bonchev–Trinajstić information content (AvgIpc) is 2.81. The first-order chi connectivity index (χ1) is 12.0. The minimum absolute atomic E-state index is 0.137. The van der Waals surface area contributed by atoms with Gasteiger partial charge in [-0.15, -0.1) is 11.8 Å². The summed E-state index contributed by atoms with van der Waals surface area (Å²) in [6.45, 7) is 4.61. The Labute approximate surface area is 159 Å². The largest absolute Gasteiger partial charge is 0.480 e. The van der Waals surface area contributed by atoms with Gasteiger partial charge in [-0.2, -0.15) is 0 Å². The number of amides is 2. The molecular weight excluding hydrogens is 380 g/mol. The number of rotatable bonds is 4. The minimum Gasteiger partial charge on any atom is -0.480 e.